The van der Waals surface area contributed by atoms with Crippen molar-refractivity contribution in [2.24, 2.45) is 0 Å². The van der Waals surface area contributed by atoms with Gasteiger partial charge in [0.15, 0.2) is 0 Å². The monoisotopic (exact) mass is 370 g/mol. The Labute approximate surface area is 159 Å². The Morgan fingerprint density at radius 3 is 2.62 bits per heavy atom. The van der Waals surface area contributed by atoms with Crippen molar-refractivity contribution in [2.45, 2.75) is 26.3 Å². The van der Waals surface area contributed by atoms with Crippen LogP contribution in [0.25, 0.3) is 0 Å². The van der Waals surface area contributed by atoms with E-state index in [9.17, 15) is 9.59 Å². The van der Waals surface area contributed by atoms with Gasteiger partial charge in [-0.15, -0.1) is 0 Å². The van der Waals surface area contributed by atoms with Crippen LogP contribution in [0.1, 0.15) is 23.6 Å². The summed E-state index contributed by atoms with van der Waals surface area (Å²) < 4.78 is 0. The van der Waals surface area contributed by atoms with E-state index in [1.165, 1.54) is 18.1 Å². The van der Waals surface area contributed by atoms with Gasteiger partial charge in [-0.05, 0) is 41.7 Å². The standard InChI is InChI=1S/C21H23ClN2O2/c1-16(25)23(11-9-17-5-4-8-20(22)13-17)15-21(26)24-12-10-18-6-2-3-7-19(18)14-24/h2-8,13H,9-12,14-15H2,1H3. The highest BCUT2D eigenvalue weighted by molar-refractivity contribution is 6.30. The molecule has 4 nitrogen and oxygen atoms in total. The molecule has 0 spiro atoms. The van der Waals surface area contributed by atoms with E-state index in [2.05, 4.69) is 12.1 Å². The third-order valence-corrected chi connectivity index (χ3v) is 5.05. The SMILES string of the molecule is CC(=O)N(CCc1cccc(Cl)c1)CC(=O)N1CCc2ccccc2C1. The zero-order chi connectivity index (χ0) is 18.5. The molecule has 2 amide bonds. The normalized spacial score (nSPS) is 13.2. The van der Waals surface area contributed by atoms with E-state index in [1.807, 2.05) is 41.3 Å². The van der Waals surface area contributed by atoms with E-state index in [4.69, 9.17) is 11.6 Å². The van der Waals surface area contributed by atoms with Crippen LogP contribution in [0.5, 0.6) is 0 Å². The van der Waals surface area contributed by atoms with Crippen LogP contribution in [0.2, 0.25) is 5.02 Å². The fourth-order valence-electron chi connectivity index (χ4n) is 3.28. The number of hydrogen-bond acceptors (Lipinski definition) is 2. The molecule has 0 radical (unpaired) electrons. The molecule has 2 aromatic rings. The minimum atomic E-state index is -0.0854. The van der Waals surface area contributed by atoms with Crippen LogP contribution in [0.15, 0.2) is 48.5 Å². The molecule has 26 heavy (non-hydrogen) atoms. The first-order chi connectivity index (χ1) is 12.5. The zero-order valence-electron chi connectivity index (χ0n) is 15.0. The molecule has 0 aromatic heterocycles. The number of nitrogens with zero attached hydrogens (tertiary/aromatic N) is 2. The van der Waals surface area contributed by atoms with Crippen molar-refractivity contribution < 1.29 is 9.59 Å². The van der Waals surface area contributed by atoms with Gasteiger partial charge in [-0.3, -0.25) is 9.59 Å². The summed E-state index contributed by atoms with van der Waals surface area (Å²) in [4.78, 5) is 28.1. The van der Waals surface area contributed by atoms with E-state index in [-0.39, 0.29) is 18.4 Å². The van der Waals surface area contributed by atoms with Crippen LogP contribution >= 0.6 is 11.6 Å². The summed E-state index contributed by atoms with van der Waals surface area (Å²) in [5.74, 6) is -0.0846. The highest BCUT2D eigenvalue weighted by Crippen LogP contribution is 2.19. The van der Waals surface area contributed by atoms with Gasteiger partial charge in [0.2, 0.25) is 11.8 Å². The average Bonchev–Trinajstić information content (AvgIpc) is 2.64. The van der Waals surface area contributed by atoms with E-state index in [1.54, 1.807) is 4.90 Å². The Bertz CT molecular complexity index is 806. The number of hydrogen-bond donors (Lipinski definition) is 0. The minimum absolute atomic E-state index is 0.000738. The number of carbonyl (C=O) groups is 2. The predicted molar refractivity (Wildman–Crippen MR) is 103 cm³/mol. The van der Waals surface area contributed by atoms with Crippen molar-refractivity contribution in [3.8, 4) is 0 Å². The summed E-state index contributed by atoms with van der Waals surface area (Å²) in [5.41, 5.74) is 3.56. The van der Waals surface area contributed by atoms with E-state index in [0.29, 0.717) is 31.1 Å². The highest BCUT2D eigenvalue weighted by Gasteiger charge is 2.23. The molecule has 2 aromatic carbocycles. The highest BCUT2D eigenvalue weighted by atomic mass is 35.5. The largest absolute Gasteiger partial charge is 0.336 e. The van der Waals surface area contributed by atoms with E-state index >= 15 is 0 Å². The molecule has 0 bridgehead atoms. The third-order valence-electron chi connectivity index (χ3n) is 4.81. The first-order valence-electron chi connectivity index (χ1n) is 8.87. The second kappa shape index (κ2) is 8.37. The van der Waals surface area contributed by atoms with Crippen molar-refractivity contribution >= 4 is 23.4 Å². The van der Waals surface area contributed by atoms with Crippen LogP contribution in [0, 0.1) is 0 Å². The van der Waals surface area contributed by atoms with Gasteiger partial charge < -0.3 is 9.80 Å². The van der Waals surface area contributed by atoms with Crippen molar-refractivity contribution in [1.29, 1.82) is 0 Å². The summed E-state index contributed by atoms with van der Waals surface area (Å²) in [6, 6.07) is 15.8. The molecule has 1 aliphatic heterocycles. The summed E-state index contributed by atoms with van der Waals surface area (Å²) >= 11 is 6.01. The van der Waals surface area contributed by atoms with Gasteiger partial charge in [-0.1, -0.05) is 48.0 Å². The number of benzene rings is 2. The molecular formula is C21H23ClN2O2. The lowest BCUT2D eigenvalue weighted by Crippen LogP contribution is -2.44. The molecule has 0 aliphatic carbocycles. The average molecular weight is 371 g/mol. The fourth-order valence-corrected chi connectivity index (χ4v) is 3.49. The fraction of sp³-hybridized carbons (Fsp3) is 0.333. The Kier molecular flexibility index (Phi) is 5.94. The maximum atomic E-state index is 12.7. The van der Waals surface area contributed by atoms with Crippen LogP contribution in [0.4, 0.5) is 0 Å². The van der Waals surface area contributed by atoms with Crippen molar-refractivity contribution in [3.05, 3.63) is 70.2 Å². The summed E-state index contributed by atoms with van der Waals surface area (Å²) in [5, 5.41) is 0.680. The Balaban J connectivity index is 1.59. The van der Waals surface area contributed by atoms with E-state index in [0.717, 1.165) is 12.0 Å². The molecule has 1 aliphatic rings. The molecule has 136 valence electrons. The second-order valence-electron chi connectivity index (χ2n) is 6.65. The third kappa shape index (κ3) is 4.64. The second-order valence-corrected chi connectivity index (χ2v) is 7.09. The number of fused-ring (bicyclic) bond motifs is 1. The van der Waals surface area contributed by atoms with Gasteiger partial charge >= 0.3 is 0 Å². The van der Waals surface area contributed by atoms with Gasteiger partial charge in [-0.2, -0.15) is 0 Å². The minimum Gasteiger partial charge on any atom is -0.336 e. The first kappa shape index (κ1) is 18.5. The predicted octanol–water partition coefficient (Wildman–Crippen LogP) is 3.32. The molecule has 0 atom stereocenters. The quantitative estimate of drug-likeness (QED) is 0.810. The van der Waals surface area contributed by atoms with Crippen LogP contribution in [-0.2, 0) is 29.0 Å². The number of amides is 2. The molecule has 3 rings (SSSR count). The zero-order valence-corrected chi connectivity index (χ0v) is 15.7. The summed E-state index contributed by atoms with van der Waals surface area (Å²) in [6.07, 6.45) is 1.54. The smallest absolute Gasteiger partial charge is 0.242 e. The Morgan fingerprint density at radius 1 is 1.12 bits per heavy atom. The molecule has 0 unspecified atom stereocenters. The lowest BCUT2D eigenvalue weighted by molar-refractivity contribution is -0.140. The van der Waals surface area contributed by atoms with Crippen LogP contribution < -0.4 is 0 Å². The molecular weight excluding hydrogens is 348 g/mol. The van der Waals surface area contributed by atoms with Crippen molar-refractivity contribution in [2.75, 3.05) is 19.6 Å². The van der Waals surface area contributed by atoms with Crippen LogP contribution in [0.3, 0.4) is 0 Å². The maximum Gasteiger partial charge on any atom is 0.242 e. The summed E-state index contributed by atoms with van der Waals surface area (Å²) in [7, 11) is 0. The van der Waals surface area contributed by atoms with Gasteiger partial charge in [0, 0.05) is 31.6 Å². The lowest BCUT2D eigenvalue weighted by atomic mass is 10.00. The van der Waals surface area contributed by atoms with Gasteiger partial charge in [-0.25, -0.2) is 0 Å². The van der Waals surface area contributed by atoms with Gasteiger partial charge in [0.25, 0.3) is 0 Å². The van der Waals surface area contributed by atoms with Gasteiger partial charge in [0.05, 0.1) is 6.54 Å². The Hall–Kier alpha value is -2.33. The molecule has 0 saturated heterocycles. The van der Waals surface area contributed by atoms with Crippen molar-refractivity contribution in [3.63, 3.8) is 0 Å². The number of halogens is 1. The van der Waals surface area contributed by atoms with Crippen molar-refractivity contribution in [1.82, 2.24) is 9.80 Å². The molecule has 0 N–H and O–H groups in total. The molecule has 5 heteroatoms. The van der Waals surface area contributed by atoms with E-state index < -0.39 is 0 Å². The van der Waals surface area contributed by atoms with Crippen LogP contribution in [-0.4, -0.2) is 41.2 Å². The number of rotatable bonds is 5. The Morgan fingerprint density at radius 2 is 1.88 bits per heavy atom. The first-order valence-corrected chi connectivity index (χ1v) is 9.25. The summed E-state index contributed by atoms with van der Waals surface area (Å²) in [6.45, 7) is 3.46. The lowest BCUT2D eigenvalue weighted by Gasteiger charge is -2.31. The van der Waals surface area contributed by atoms with Gasteiger partial charge in [0.1, 0.15) is 0 Å². The molecule has 1 heterocycles. The number of carbonyl (C=O) groups excluding carboxylic acids is 2. The maximum absolute atomic E-state index is 12.7. The molecule has 0 fully saturated rings. The topological polar surface area (TPSA) is 40.6 Å². The molecule has 0 saturated carbocycles.